The summed E-state index contributed by atoms with van der Waals surface area (Å²) in [7, 11) is 0. The molecule has 0 atom stereocenters. The van der Waals surface area contributed by atoms with Crippen LogP contribution in [0.4, 0.5) is 0 Å². The highest BCUT2D eigenvalue weighted by Gasteiger charge is 2.08. The Hall–Kier alpha value is -3.01. The zero-order valence-corrected chi connectivity index (χ0v) is 11.1. The number of aromatic nitrogens is 3. The summed E-state index contributed by atoms with van der Waals surface area (Å²) in [6.45, 7) is 0. The average molecular weight is 273 g/mol. The summed E-state index contributed by atoms with van der Waals surface area (Å²) in [6.07, 6.45) is 3.28. The van der Waals surface area contributed by atoms with Gasteiger partial charge in [-0.1, -0.05) is 30.3 Å². The second kappa shape index (κ2) is 4.52. The number of pyridine rings is 1. The van der Waals surface area contributed by atoms with Crippen LogP contribution in [0.5, 0.6) is 0 Å². The van der Waals surface area contributed by atoms with E-state index in [4.69, 9.17) is 0 Å². The Bertz CT molecular complexity index is 1020. The zero-order valence-electron chi connectivity index (χ0n) is 11.1. The number of para-hydroxylation sites is 2. The van der Waals surface area contributed by atoms with Gasteiger partial charge in [-0.05, 0) is 24.3 Å². The van der Waals surface area contributed by atoms with Crippen molar-refractivity contribution in [2.75, 3.05) is 0 Å². The number of hydrogen-bond acceptors (Lipinski definition) is 3. The molecule has 0 N–H and O–H groups in total. The van der Waals surface area contributed by atoms with Crippen LogP contribution in [0.1, 0.15) is 0 Å². The highest BCUT2D eigenvalue weighted by atomic mass is 16.1. The molecule has 0 bridgehead atoms. The first kappa shape index (κ1) is 11.8. The number of benzene rings is 2. The molecule has 2 aromatic carbocycles. The Labute approximate surface area is 120 Å². The normalized spacial score (nSPS) is 11.0. The van der Waals surface area contributed by atoms with E-state index < -0.39 is 0 Å². The van der Waals surface area contributed by atoms with Gasteiger partial charge >= 0.3 is 0 Å². The average Bonchev–Trinajstić information content (AvgIpc) is 2.55. The van der Waals surface area contributed by atoms with Crippen LogP contribution in [0.2, 0.25) is 0 Å². The van der Waals surface area contributed by atoms with Crippen LogP contribution >= 0.6 is 0 Å². The fraction of sp³-hybridized carbons (Fsp3) is 0. The summed E-state index contributed by atoms with van der Waals surface area (Å²) >= 11 is 0. The minimum atomic E-state index is -0.0723. The zero-order chi connectivity index (χ0) is 14.2. The third kappa shape index (κ3) is 1.80. The molecular weight excluding hydrogens is 262 g/mol. The summed E-state index contributed by atoms with van der Waals surface area (Å²) in [6, 6.07) is 16.9. The summed E-state index contributed by atoms with van der Waals surface area (Å²) in [5.41, 5.74) is 2.29. The fourth-order valence-electron chi connectivity index (χ4n) is 2.53. The van der Waals surface area contributed by atoms with Gasteiger partial charge < -0.3 is 0 Å². The molecule has 4 aromatic rings. The van der Waals surface area contributed by atoms with E-state index in [1.165, 1.54) is 0 Å². The van der Waals surface area contributed by atoms with Crippen LogP contribution < -0.4 is 5.56 Å². The van der Waals surface area contributed by atoms with Gasteiger partial charge in [0.05, 0.1) is 22.1 Å². The Morgan fingerprint density at radius 1 is 0.762 bits per heavy atom. The molecule has 100 valence electrons. The van der Waals surface area contributed by atoms with Gasteiger partial charge in [0, 0.05) is 11.6 Å². The van der Waals surface area contributed by atoms with Crippen molar-refractivity contribution in [2.24, 2.45) is 0 Å². The van der Waals surface area contributed by atoms with Crippen molar-refractivity contribution in [3.8, 4) is 5.69 Å². The van der Waals surface area contributed by atoms with E-state index in [0.717, 1.165) is 16.6 Å². The van der Waals surface area contributed by atoms with Crippen molar-refractivity contribution in [3.63, 3.8) is 0 Å². The Kier molecular flexibility index (Phi) is 2.54. The van der Waals surface area contributed by atoms with E-state index >= 15 is 0 Å². The molecule has 0 amide bonds. The molecule has 0 saturated carbocycles. The lowest BCUT2D eigenvalue weighted by atomic mass is 10.2. The molecule has 0 spiro atoms. The van der Waals surface area contributed by atoms with E-state index in [9.17, 15) is 4.79 Å². The number of hydrogen-bond donors (Lipinski definition) is 0. The first-order chi connectivity index (χ1) is 10.3. The third-order valence-electron chi connectivity index (χ3n) is 3.55. The topological polar surface area (TPSA) is 47.8 Å². The van der Waals surface area contributed by atoms with Crippen molar-refractivity contribution < 1.29 is 0 Å². The van der Waals surface area contributed by atoms with Gasteiger partial charge in [-0.2, -0.15) is 0 Å². The van der Waals surface area contributed by atoms with Crippen molar-refractivity contribution in [1.29, 1.82) is 0 Å². The summed E-state index contributed by atoms with van der Waals surface area (Å²) < 4.78 is 1.58. The number of rotatable bonds is 1. The molecule has 0 saturated heterocycles. The molecule has 2 aromatic heterocycles. The first-order valence-electron chi connectivity index (χ1n) is 6.65. The van der Waals surface area contributed by atoms with Crippen LogP contribution in [0, 0.1) is 0 Å². The van der Waals surface area contributed by atoms with Gasteiger partial charge in [0.2, 0.25) is 0 Å². The lowest BCUT2D eigenvalue weighted by Gasteiger charge is -2.09. The Balaban J connectivity index is 2.10. The van der Waals surface area contributed by atoms with Crippen molar-refractivity contribution >= 4 is 21.8 Å². The minimum absolute atomic E-state index is 0.0723. The predicted molar refractivity (Wildman–Crippen MR) is 82.6 cm³/mol. The van der Waals surface area contributed by atoms with Crippen LogP contribution in [0.15, 0.2) is 71.9 Å². The SMILES string of the molecule is O=c1c2ccccc2ncn1-c1ccnc2ccccc12. The molecule has 21 heavy (non-hydrogen) atoms. The first-order valence-corrected chi connectivity index (χ1v) is 6.65. The van der Waals surface area contributed by atoms with Gasteiger partial charge in [-0.25, -0.2) is 4.98 Å². The van der Waals surface area contributed by atoms with Crippen molar-refractivity contribution in [2.45, 2.75) is 0 Å². The van der Waals surface area contributed by atoms with Crippen LogP contribution in [0.25, 0.3) is 27.5 Å². The maximum Gasteiger partial charge on any atom is 0.265 e. The van der Waals surface area contributed by atoms with Crippen molar-refractivity contribution in [1.82, 2.24) is 14.5 Å². The molecule has 0 unspecified atom stereocenters. The highest BCUT2D eigenvalue weighted by Crippen LogP contribution is 2.19. The molecular formula is C17H11N3O. The Morgan fingerprint density at radius 3 is 2.24 bits per heavy atom. The largest absolute Gasteiger partial charge is 0.268 e. The quantitative estimate of drug-likeness (QED) is 0.535. The van der Waals surface area contributed by atoms with Crippen LogP contribution in [-0.4, -0.2) is 14.5 Å². The Morgan fingerprint density at radius 2 is 1.43 bits per heavy atom. The van der Waals surface area contributed by atoms with E-state index in [1.807, 2.05) is 48.5 Å². The molecule has 0 aliphatic rings. The van der Waals surface area contributed by atoms with Gasteiger partial charge in [0.25, 0.3) is 5.56 Å². The predicted octanol–water partition coefficient (Wildman–Crippen LogP) is 2.93. The van der Waals surface area contributed by atoms with E-state index in [0.29, 0.717) is 10.9 Å². The molecule has 4 nitrogen and oxygen atoms in total. The van der Waals surface area contributed by atoms with Crippen LogP contribution in [0.3, 0.4) is 0 Å². The third-order valence-corrected chi connectivity index (χ3v) is 3.55. The van der Waals surface area contributed by atoms with Gasteiger partial charge in [0.15, 0.2) is 0 Å². The van der Waals surface area contributed by atoms with Gasteiger partial charge in [0.1, 0.15) is 6.33 Å². The van der Waals surface area contributed by atoms with Crippen molar-refractivity contribution in [3.05, 3.63) is 77.5 Å². The van der Waals surface area contributed by atoms with Gasteiger partial charge in [-0.3, -0.25) is 14.3 Å². The summed E-state index contributed by atoms with van der Waals surface area (Å²) in [5, 5.41) is 1.54. The minimum Gasteiger partial charge on any atom is -0.268 e. The second-order valence-electron chi connectivity index (χ2n) is 4.78. The number of nitrogens with zero attached hydrogens (tertiary/aromatic N) is 3. The maximum absolute atomic E-state index is 12.7. The van der Waals surface area contributed by atoms with E-state index in [1.54, 1.807) is 23.2 Å². The molecule has 0 radical (unpaired) electrons. The lowest BCUT2D eigenvalue weighted by molar-refractivity contribution is 0.969. The maximum atomic E-state index is 12.7. The monoisotopic (exact) mass is 273 g/mol. The fourth-order valence-corrected chi connectivity index (χ4v) is 2.53. The molecule has 4 heteroatoms. The molecule has 2 heterocycles. The summed E-state index contributed by atoms with van der Waals surface area (Å²) in [4.78, 5) is 21.4. The molecule has 0 fully saturated rings. The molecule has 0 aliphatic carbocycles. The standard InChI is InChI=1S/C17H11N3O/c21-17-13-6-2-4-8-15(13)19-11-20(17)16-9-10-18-14-7-3-1-5-12(14)16/h1-11H. The van der Waals surface area contributed by atoms with Crippen LogP contribution in [-0.2, 0) is 0 Å². The smallest absolute Gasteiger partial charge is 0.265 e. The van der Waals surface area contributed by atoms with Gasteiger partial charge in [-0.15, -0.1) is 0 Å². The molecule has 0 aliphatic heterocycles. The lowest BCUT2D eigenvalue weighted by Crippen LogP contribution is -2.19. The molecule has 4 rings (SSSR count). The van der Waals surface area contributed by atoms with E-state index in [2.05, 4.69) is 9.97 Å². The number of fused-ring (bicyclic) bond motifs is 2. The summed E-state index contributed by atoms with van der Waals surface area (Å²) in [5.74, 6) is 0. The highest BCUT2D eigenvalue weighted by molar-refractivity contribution is 5.87. The van der Waals surface area contributed by atoms with E-state index in [-0.39, 0.29) is 5.56 Å². The second-order valence-corrected chi connectivity index (χ2v) is 4.78.